The number of benzene rings is 2. The molecule has 0 aromatic heterocycles. The predicted molar refractivity (Wildman–Crippen MR) is 92.9 cm³/mol. The maximum atomic E-state index is 12.5. The Morgan fingerprint density at radius 3 is 1.91 bits per heavy atom. The molecule has 120 valence electrons. The lowest BCUT2D eigenvalue weighted by Gasteiger charge is -2.17. The van der Waals surface area contributed by atoms with Crippen LogP contribution in [0, 0.1) is 20.8 Å². The van der Waals surface area contributed by atoms with E-state index in [0.717, 1.165) is 27.8 Å². The van der Waals surface area contributed by atoms with E-state index in [9.17, 15) is 4.79 Å². The fourth-order valence-electron chi connectivity index (χ4n) is 2.94. The van der Waals surface area contributed by atoms with Gasteiger partial charge in [-0.3, -0.25) is 0 Å². The first-order valence-electron chi connectivity index (χ1n) is 7.49. The molecular weight excluding hydrogens is 288 g/mol. The summed E-state index contributed by atoms with van der Waals surface area (Å²) in [7, 11) is 2.96. The minimum absolute atomic E-state index is 0.402. The molecule has 23 heavy (non-hydrogen) atoms. The zero-order chi connectivity index (χ0) is 17.0. The van der Waals surface area contributed by atoms with E-state index in [2.05, 4.69) is 12.1 Å². The van der Waals surface area contributed by atoms with Crippen LogP contribution in [-0.2, 0) is 14.3 Å². The second kappa shape index (κ2) is 7.14. The third-order valence-corrected chi connectivity index (χ3v) is 3.78. The van der Waals surface area contributed by atoms with E-state index in [1.165, 1.54) is 7.11 Å². The van der Waals surface area contributed by atoms with Gasteiger partial charge in [0.2, 0.25) is 0 Å². The number of hydrogen-bond acceptors (Lipinski definition) is 3. The summed E-state index contributed by atoms with van der Waals surface area (Å²) in [4.78, 5) is 12.5. The smallest absolute Gasteiger partial charge is 0.342 e. The van der Waals surface area contributed by atoms with Crippen LogP contribution in [0.1, 0.15) is 27.8 Å². The van der Waals surface area contributed by atoms with Crippen LogP contribution in [0.4, 0.5) is 0 Å². The Bertz CT molecular complexity index is 720. The van der Waals surface area contributed by atoms with E-state index in [1.807, 2.05) is 51.1 Å². The SMILES string of the molecule is COC(=O)/C(=C(/OC)c1ccccc1)c1c(C)cc(C)cc1C. The lowest BCUT2D eigenvalue weighted by Crippen LogP contribution is -2.10. The van der Waals surface area contributed by atoms with Gasteiger partial charge in [0.25, 0.3) is 0 Å². The van der Waals surface area contributed by atoms with Crippen LogP contribution in [0.25, 0.3) is 11.3 Å². The zero-order valence-corrected chi connectivity index (χ0v) is 14.3. The number of aryl methyl sites for hydroxylation is 3. The maximum Gasteiger partial charge on any atom is 0.342 e. The number of hydrogen-bond donors (Lipinski definition) is 0. The summed E-state index contributed by atoms with van der Waals surface area (Å²) in [5.74, 6) is 0.119. The second-order valence-corrected chi connectivity index (χ2v) is 5.54. The van der Waals surface area contributed by atoms with Crippen molar-refractivity contribution in [3.8, 4) is 0 Å². The average Bonchev–Trinajstić information content (AvgIpc) is 2.53. The van der Waals surface area contributed by atoms with Gasteiger partial charge in [0.05, 0.1) is 14.2 Å². The quantitative estimate of drug-likeness (QED) is 0.365. The molecule has 0 saturated carbocycles. The van der Waals surface area contributed by atoms with E-state index in [4.69, 9.17) is 9.47 Å². The molecular formula is C20H22O3. The average molecular weight is 310 g/mol. The van der Waals surface area contributed by atoms with Gasteiger partial charge in [-0.15, -0.1) is 0 Å². The first-order valence-corrected chi connectivity index (χ1v) is 7.49. The molecule has 2 aromatic rings. The van der Waals surface area contributed by atoms with Gasteiger partial charge in [-0.25, -0.2) is 4.79 Å². The topological polar surface area (TPSA) is 35.5 Å². The van der Waals surface area contributed by atoms with Gasteiger partial charge < -0.3 is 9.47 Å². The molecule has 0 saturated heterocycles. The Kier molecular flexibility index (Phi) is 5.22. The summed E-state index contributed by atoms with van der Waals surface area (Å²) in [5, 5.41) is 0. The van der Waals surface area contributed by atoms with Crippen LogP contribution in [0.5, 0.6) is 0 Å². The molecule has 0 heterocycles. The highest BCUT2D eigenvalue weighted by molar-refractivity contribution is 6.24. The Hall–Kier alpha value is -2.55. The summed E-state index contributed by atoms with van der Waals surface area (Å²) in [5.41, 5.74) is 5.36. The second-order valence-electron chi connectivity index (χ2n) is 5.54. The van der Waals surface area contributed by atoms with Gasteiger partial charge in [-0.2, -0.15) is 0 Å². The van der Waals surface area contributed by atoms with Crippen molar-refractivity contribution in [2.75, 3.05) is 14.2 Å². The highest BCUT2D eigenvalue weighted by Crippen LogP contribution is 2.32. The maximum absolute atomic E-state index is 12.5. The first-order chi connectivity index (χ1) is 11.0. The largest absolute Gasteiger partial charge is 0.495 e. The minimum atomic E-state index is -0.402. The summed E-state index contributed by atoms with van der Waals surface area (Å²) >= 11 is 0. The Balaban J connectivity index is 2.81. The zero-order valence-electron chi connectivity index (χ0n) is 14.3. The van der Waals surface area contributed by atoms with E-state index in [-0.39, 0.29) is 0 Å². The normalized spacial score (nSPS) is 11.7. The van der Waals surface area contributed by atoms with Crippen LogP contribution in [-0.4, -0.2) is 20.2 Å². The fourth-order valence-corrected chi connectivity index (χ4v) is 2.94. The van der Waals surface area contributed by atoms with Gasteiger partial charge >= 0.3 is 5.97 Å². The van der Waals surface area contributed by atoms with Crippen LogP contribution < -0.4 is 0 Å². The van der Waals surface area contributed by atoms with E-state index >= 15 is 0 Å². The van der Waals surface area contributed by atoms with Crippen molar-refractivity contribution in [1.29, 1.82) is 0 Å². The van der Waals surface area contributed by atoms with E-state index in [0.29, 0.717) is 11.3 Å². The molecule has 2 rings (SSSR count). The fraction of sp³-hybridized carbons (Fsp3) is 0.250. The number of carbonyl (C=O) groups excluding carboxylic acids is 1. The summed E-state index contributed by atoms with van der Waals surface area (Å²) in [6.07, 6.45) is 0. The molecule has 2 aromatic carbocycles. The van der Waals surface area contributed by atoms with Crippen molar-refractivity contribution in [3.05, 3.63) is 70.3 Å². The van der Waals surface area contributed by atoms with Gasteiger partial charge in [-0.1, -0.05) is 48.0 Å². The van der Waals surface area contributed by atoms with Gasteiger partial charge in [0.15, 0.2) is 0 Å². The highest BCUT2D eigenvalue weighted by Gasteiger charge is 2.24. The van der Waals surface area contributed by atoms with E-state index in [1.54, 1.807) is 7.11 Å². The summed E-state index contributed by atoms with van der Waals surface area (Å²) < 4.78 is 10.6. The molecule has 0 radical (unpaired) electrons. The Morgan fingerprint density at radius 2 is 1.43 bits per heavy atom. The van der Waals surface area contributed by atoms with Gasteiger partial charge in [0, 0.05) is 5.56 Å². The first kappa shape index (κ1) is 16.8. The van der Waals surface area contributed by atoms with Crippen molar-refractivity contribution in [1.82, 2.24) is 0 Å². The van der Waals surface area contributed by atoms with Crippen LogP contribution >= 0.6 is 0 Å². The monoisotopic (exact) mass is 310 g/mol. The van der Waals surface area contributed by atoms with Gasteiger partial charge in [0.1, 0.15) is 11.3 Å². The van der Waals surface area contributed by atoms with Crippen molar-refractivity contribution >= 4 is 17.3 Å². The Morgan fingerprint density at radius 1 is 0.870 bits per heavy atom. The summed E-state index contributed by atoms with van der Waals surface area (Å²) in [6.45, 7) is 6.03. The summed E-state index contributed by atoms with van der Waals surface area (Å²) in [6, 6.07) is 13.7. The Labute approximate surface area is 137 Å². The minimum Gasteiger partial charge on any atom is -0.495 e. The standard InChI is InChI=1S/C20H22O3/c1-13-11-14(2)17(15(3)12-13)18(20(21)23-5)19(22-4)16-9-7-6-8-10-16/h6-12H,1-5H3/b19-18+. The van der Waals surface area contributed by atoms with Crippen molar-refractivity contribution < 1.29 is 14.3 Å². The molecule has 3 nitrogen and oxygen atoms in total. The van der Waals surface area contributed by atoms with Crippen molar-refractivity contribution in [3.63, 3.8) is 0 Å². The molecule has 0 aliphatic carbocycles. The lowest BCUT2D eigenvalue weighted by atomic mass is 9.91. The predicted octanol–water partition coefficient (Wildman–Crippen LogP) is 4.30. The molecule has 0 bridgehead atoms. The molecule has 0 spiro atoms. The third kappa shape index (κ3) is 3.45. The number of methoxy groups -OCH3 is 2. The molecule has 3 heteroatoms. The van der Waals surface area contributed by atoms with Crippen LogP contribution in [0.15, 0.2) is 42.5 Å². The van der Waals surface area contributed by atoms with E-state index < -0.39 is 5.97 Å². The molecule has 0 unspecified atom stereocenters. The lowest BCUT2D eigenvalue weighted by molar-refractivity contribution is -0.133. The van der Waals surface area contributed by atoms with Crippen LogP contribution in [0.2, 0.25) is 0 Å². The molecule has 0 N–H and O–H groups in total. The number of carbonyl (C=O) groups is 1. The molecule has 0 amide bonds. The molecule has 0 atom stereocenters. The van der Waals surface area contributed by atoms with Crippen molar-refractivity contribution in [2.24, 2.45) is 0 Å². The van der Waals surface area contributed by atoms with Gasteiger partial charge in [-0.05, 0) is 37.5 Å². The van der Waals surface area contributed by atoms with Crippen LogP contribution in [0.3, 0.4) is 0 Å². The molecule has 0 fully saturated rings. The molecule has 0 aliphatic heterocycles. The molecule has 0 aliphatic rings. The third-order valence-electron chi connectivity index (χ3n) is 3.78. The van der Waals surface area contributed by atoms with Crippen molar-refractivity contribution in [2.45, 2.75) is 20.8 Å². The number of rotatable bonds is 4. The number of ether oxygens (including phenoxy) is 2. The highest BCUT2D eigenvalue weighted by atomic mass is 16.5. The number of esters is 1.